The van der Waals surface area contributed by atoms with Crippen LogP contribution in [0, 0.1) is 11.8 Å². The Labute approximate surface area is 151 Å². The highest BCUT2D eigenvalue weighted by Gasteiger charge is 2.34. The molecule has 0 unspecified atom stereocenters. The fourth-order valence-electron chi connectivity index (χ4n) is 4.29. The number of nitrogens with zero attached hydrogens (tertiary/aromatic N) is 2. The molecule has 1 aliphatic carbocycles. The summed E-state index contributed by atoms with van der Waals surface area (Å²) in [5.41, 5.74) is 1.93. The zero-order valence-corrected chi connectivity index (χ0v) is 15.5. The summed E-state index contributed by atoms with van der Waals surface area (Å²) >= 11 is 0. The lowest BCUT2D eigenvalue weighted by Gasteiger charge is -2.34. The van der Waals surface area contributed by atoms with E-state index in [2.05, 4.69) is 29.7 Å². The lowest BCUT2D eigenvalue weighted by molar-refractivity contribution is 0.0701. The minimum Gasteiger partial charge on any atom is -0.492 e. The molecule has 1 aromatic rings. The van der Waals surface area contributed by atoms with Gasteiger partial charge in [0, 0.05) is 38.6 Å². The fourth-order valence-corrected chi connectivity index (χ4v) is 4.29. The van der Waals surface area contributed by atoms with Crippen molar-refractivity contribution in [3.63, 3.8) is 0 Å². The number of carbonyl (C=O) groups is 1. The summed E-state index contributed by atoms with van der Waals surface area (Å²) in [6.45, 7) is 9.31. The first-order valence-electron chi connectivity index (χ1n) is 9.91. The Kier molecular flexibility index (Phi) is 4.72. The van der Waals surface area contributed by atoms with Crippen molar-refractivity contribution in [3.8, 4) is 5.75 Å². The van der Waals surface area contributed by atoms with Crippen LogP contribution in [-0.2, 0) is 6.42 Å². The van der Waals surface area contributed by atoms with E-state index in [4.69, 9.17) is 4.74 Å². The molecule has 4 nitrogen and oxygen atoms in total. The lowest BCUT2D eigenvalue weighted by atomic mass is 10.0. The van der Waals surface area contributed by atoms with Gasteiger partial charge in [-0.1, -0.05) is 26.0 Å². The summed E-state index contributed by atoms with van der Waals surface area (Å²) in [7, 11) is 0. The van der Waals surface area contributed by atoms with Gasteiger partial charge in [0.05, 0.1) is 12.2 Å². The molecule has 1 atom stereocenters. The second-order valence-corrected chi connectivity index (χ2v) is 8.25. The SMILES string of the molecule is CC(C)[C@@H]1CN(C(=O)c2cccc3c2OCC3)CCCN1CC1CC1. The Morgan fingerprint density at radius 1 is 1.28 bits per heavy atom. The largest absolute Gasteiger partial charge is 0.492 e. The average Bonchev–Trinajstić information content (AvgIpc) is 3.33. The highest BCUT2D eigenvalue weighted by molar-refractivity contribution is 5.97. The van der Waals surface area contributed by atoms with Gasteiger partial charge in [-0.2, -0.15) is 0 Å². The van der Waals surface area contributed by atoms with Crippen LogP contribution < -0.4 is 4.74 Å². The molecule has 0 N–H and O–H groups in total. The molecule has 4 rings (SSSR count). The molecular weight excluding hydrogens is 312 g/mol. The van der Waals surface area contributed by atoms with Crippen LogP contribution in [0.15, 0.2) is 18.2 Å². The molecule has 2 aliphatic heterocycles. The summed E-state index contributed by atoms with van der Waals surface area (Å²) < 4.78 is 5.77. The first kappa shape index (κ1) is 16.9. The van der Waals surface area contributed by atoms with Crippen molar-refractivity contribution < 1.29 is 9.53 Å². The van der Waals surface area contributed by atoms with Gasteiger partial charge in [-0.15, -0.1) is 0 Å². The molecular formula is C21H30N2O2. The number of para-hydroxylation sites is 1. The summed E-state index contributed by atoms with van der Waals surface area (Å²) in [6.07, 6.45) is 4.76. The average molecular weight is 342 g/mol. The van der Waals surface area contributed by atoms with Crippen molar-refractivity contribution >= 4 is 5.91 Å². The van der Waals surface area contributed by atoms with Crippen LogP contribution in [0.3, 0.4) is 0 Å². The molecule has 1 amide bonds. The molecule has 1 saturated carbocycles. The molecule has 0 spiro atoms. The summed E-state index contributed by atoms with van der Waals surface area (Å²) in [5.74, 6) is 2.43. The number of benzene rings is 1. The number of hydrogen-bond acceptors (Lipinski definition) is 3. The third kappa shape index (κ3) is 3.55. The third-order valence-corrected chi connectivity index (χ3v) is 5.94. The number of carbonyl (C=O) groups excluding carboxylic acids is 1. The van der Waals surface area contributed by atoms with Crippen molar-refractivity contribution in [1.82, 2.24) is 9.80 Å². The Bertz CT molecular complexity index is 639. The summed E-state index contributed by atoms with van der Waals surface area (Å²) in [5, 5.41) is 0. The smallest absolute Gasteiger partial charge is 0.257 e. The van der Waals surface area contributed by atoms with Crippen LogP contribution >= 0.6 is 0 Å². The van der Waals surface area contributed by atoms with Gasteiger partial charge in [0.1, 0.15) is 5.75 Å². The van der Waals surface area contributed by atoms with E-state index in [1.54, 1.807) is 0 Å². The molecule has 4 heteroatoms. The molecule has 1 saturated heterocycles. The molecule has 0 aromatic heterocycles. The molecule has 3 aliphatic rings. The van der Waals surface area contributed by atoms with E-state index in [0.717, 1.165) is 49.7 Å². The van der Waals surface area contributed by atoms with Crippen molar-refractivity contribution in [1.29, 1.82) is 0 Å². The molecule has 25 heavy (non-hydrogen) atoms. The topological polar surface area (TPSA) is 32.8 Å². The standard InChI is InChI=1S/C21H30N2O2/c1-15(2)19-14-23(11-4-10-22(19)13-16-7-8-16)21(24)18-6-3-5-17-9-12-25-20(17)18/h3,5-6,15-16,19H,4,7-14H2,1-2H3/t19-/m0/s1. The van der Waals surface area contributed by atoms with Gasteiger partial charge in [0.15, 0.2) is 0 Å². The second-order valence-electron chi connectivity index (χ2n) is 8.25. The maximum Gasteiger partial charge on any atom is 0.257 e. The Morgan fingerprint density at radius 2 is 2.12 bits per heavy atom. The van der Waals surface area contributed by atoms with E-state index < -0.39 is 0 Å². The Balaban J connectivity index is 1.53. The highest BCUT2D eigenvalue weighted by atomic mass is 16.5. The molecule has 0 radical (unpaired) electrons. The zero-order valence-electron chi connectivity index (χ0n) is 15.5. The van der Waals surface area contributed by atoms with Gasteiger partial charge >= 0.3 is 0 Å². The summed E-state index contributed by atoms with van der Waals surface area (Å²) in [4.78, 5) is 18.0. The zero-order chi connectivity index (χ0) is 17.4. The lowest BCUT2D eigenvalue weighted by Crippen LogP contribution is -2.46. The number of rotatable bonds is 4. The number of fused-ring (bicyclic) bond motifs is 1. The van der Waals surface area contributed by atoms with Crippen molar-refractivity contribution in [2.24, 2.45) is 11.8 Å². The molecule has 1 aromatic carbocycles. The Hall–Kier alpha value is -1.55. The van der Waals surface area contributed by atoms with Crippen LogP contribution in [-0.4, -0.2) is 54.5 Å². The van der Waals surface area contributed by atoms with Crippen LogP contribution in [0.1, 0.15) is 49.0 Å². The van der Waals surface area contributed by atoms with Gasteiger partial charge in [0.25, 0.3) is 5.91 Å². The van der Waals surface area contributed by atoms with E-state index in [1.807, 2.05) is 12.1 Å². The Morgan fingerprint density at radius 3 is 2.88 bits per heavy atom. The molecule has 2 fully saturated rings. The monoisotopic (exact) mass is 342 g/mol. The predicted octanol–water partition coefficient (Wildman–Crippen LogP) is 3.20. The minimum absolute atomic E-state index is 0.151. The quantitative estimate of drug-likeness (QED) is 0.842. The number of ether oxygens (including phenoxy) is 1. The van der Waals surface area contributed by atoms with Crippen LogP contribution in [0.2, 0.25) is 0 Å². The number of hydrogen-bond donors (Lipinski definition) is 0. The fraction of sp³-hybridized carbons (Fsp3) is 0.667. The number of amides is 1. The van der Waals surface area contributed by atoms with E-state index in [1.165, 1.54) is 24.9 Å². The molecule has 0 bridgehead atoms. The van der Waals surface area contributed by atoms with E-state index in [-0.39, 0.29) is 5.91 Å². The van der Waals surface area contributed by atoms with Crippen LogP contribution in [0.4, 0.5) is 0 Å². The summed E-state index contributed by atoms with van der Waals surface area (Å²) in [6, 6.07) is 6.47. The van der Waals surface area contributed by atoms with Crippen LogP contribution in [0.25, 0.3) is 0 Å². The second kappa shape index (κ2) is 6.99. The molecule has 2 heterocycles. The minimum atomic E-state index is 0.151. The van der Waals surface area contributed by atoms with Crippen molar-refractivity contribution in [2.75, 3.05) is 32.8 Å². The van der Waals surface area contributed by atoms with E-state index in [0.29, 0.717) is 18.6 Å². The van der Waals surface area contributed by atoms with Gasteiger partial charge in [-0.05, 0) is 42.7 Å². The maximum absolute atomic E-state index is 13.2. The normalized spacial score (nSPS) is 24.1. The maximum atomic E-state index is 13.2. The van der Waals surface area contributed by atoms with Gasteiger partial charge in [-0.25, -0.2) is 0 Å². The van der Waals surface area contributed by atoms with Crippen LogP contribution in [0.5, 0.6) is 5.75 Å². The van der Waals surface area contributed by atoms with E-state index >= 15 is 0 Å². The van der Waals surface area contributed by atoms with Crippen molar-refractivity contribution in [2.45, 2.75) is 45.6 Å². The first-order valence-corrected chi connectivity index (χ1v) is 9.91. The van der Waals surface area contributed by atoms with Gasteiger partial charge < -0.3 is 9.64 Å². The highest BCUT2D eigenvalue weighted by Crippen LogP contribution is 2.33. The van der Waals surface area contributed by atoms with E-state index in [9.17, 15) is 4.79 Å². The van der Waals surface area contributed by atoms with Crippen molar-refractivity contribution in [3.05, 3.63) is 29.3 Å². The molecule has 136 valence electrons. The van der Waals surface area contributed by atoms with Gasteiger partial charge in [-0.3, -0.25) is 9.69 Å². The first-order chi connectivity index (χ1) is 12.1. The third-order valence-electron chi connectivity index (χ3n) is 5.94. The predicted molar refractivity (Wildman–Crippen MR) is 99.1 cm³/mol. The van der Waals surface area contributed by atoms with Gasteiger partial charge in [0.2, 0.25) is 0 Å².